The number of nitrogens with zero attached hydrogens (tertiary/aromatic N) is 2. The minimum Gasteiger partial charge on any atom is -0.478 e. The highest BCUT2D eigenvalue weighted by atomic mass is 16.4. The largest absolute Gasteiger partial charge is 0.478 e. The van der Waals surface area contributed by atoms with Crippen molar-refractivity contribution in [3.05, 3.63) is 77.4 Å². The molecule has 0 fully saturated rings. The van der Waals surface area contributed by atoms with Crippen LogP contribution in [0.4, 0.5) is 11.4 Å². The molecule has 152 valence electrons. The van der Waals surface area contributed by atoms with Crippen LogP contribution in [-0.4, -0.2) is 37.8 Å². The zero-order valence-electron chi connectivity index (χ0n) is 17.9. The number of carboxylic acids is 1. The number of anilines is 2. The Morgan fingerprint density at radius 3 is 2.41 bits per heavy atom. The van der Waals surface area contributed by atoms with Crippen molar-refractivity contribution < 1.29 is 9.90 Å². The van der Waals surface area contributed by atoms with Gasteiger partial charge in [-0.3, -0.25) is 0 Å². The fourth-order valence-corrected chi connectivity index (χ4v) is 4.07. The fourth-order valence-electron chi connectivity index (χ4n) is 4.07. The summed E-state index contributed by atoms with van der Waals surface area (Å²) in [6.07, 6.45) is 8.48. The smallest absolute Gasteiger partial charge is 0.335 e. The average molecular weight is 391 g/mol. The summed E-state index contributed by atoms with van der Waals surface area (Å²) in [6.45, 7) is 7.38. The molecule has 1 N–H and O–H groups in total. The maximum Gasteiger partial charge on any atom is 0.335 e. The number of allylic oxidation sites excluding steroid dienone is 2. The van der Waals surface area contributed by atoms with Crippen LogP contribution in [-0.2, 0) is 5.41 Å². The van der Waals surface area contributed by atoms with Gasteiger partial charge in [-0.1, -0.05) is 50.3 Å². The van der Waals surface area contributed by atoms with Crippen molar-refractivity contribution in [2.24, 2.45) is 0 Å². The van der Waals surface area contributed by atoms with E-state index < -0.39 is 5.97 Å². The van der Waals surface area contributed by atoms with E-state index in [4.69, 9.17) is 0 Å². The summed E-state index contributed by atoms with van der Waals surface area (Å²) >= 11 is 0. The molecule has 0 spiro atoms. The van der Waals surface area contributed by atoms with Gasteiger partial charge in [0.2, 0.25) is 0 Å². The van der Waals surface area contributed by atoms with Crippen LogP contribution in [0, 0.1) is 0 Å². The molecule has 0 saturated heterocycles. The third-order valence-corrected chi connectivity index (χ3v) is 5.77. The van der Waals surface area contributed by atoms with Crippen LogP contribution in [0.2, 0.25) is 0 Å². The van der Waals surface area contributed by atoms with Crippen molar-refractivity contribution in [3.63, 3.8) is 0 Å². The average Bonchev–Trinajstić information content (AvgIpc) is 2.91. The highest BCUT2D eigenvalue weighted by Crippen LogP contribution is 2.45. The third kappa shape index (κ3) is 4.07. The standard InChI is InChI=1S/C25H30N2O2/c1-6-27-22-16-13-19(24(28)29)17-21(22)25(2,3)23(27)10-8-7-9-18-11-14-20(15-12-18)26(4)5/h7-17,23H,6H2,1-5H3,(H,28,29)/b9-7+,10-8+. The van der Waals surface area contributed by atoms with Crippen molar-refractivity contribution in [2.75, 3.05) is 30.4 Å². The molecule has 29 heavy (non-hydrogen) atoms. The Bertz CT molecular complexity index is 940. The molecule has 2 aromatic rings. The van der Waals surface area contributed by atoms with Gasteiger partial charge in [0.15, 0.2) is 0 Å². The molecule has 1 atom stereocenters. The van der Waals surface area contributed by atoms with Gasteiger partial charge >= 0.3 is 5.97 Å². The lowest BCUT2D eigenvalue weighted by Crippen LogP contribution is -2.39. The molecule has 0 amide bonds. The lowest BCUT2D eigenvalue weighted by Gasteiger charge is -2.31. The van der Waals surface area contributed by atoms with Crippen LogP contribution >= 0.6 is 0 Å². The van der Waals surface area contributed by atoms with Crippen molar-refractivity contribution >= 4 is 23.4 Å². The van der Waals surface area contributed by atoms with Crippen LogP contribution < -0.4 is 9.80 Å². The Hall–Kier alpha value is -3.01. The molecule has 1 heterocycles. The van der Waals surface area contributed by atoms with E-state index in [1.165, 1.54) is 5.69 Å². The summed E-state index contributed by atoms with van der Waals surface area (Å²) in [5, 5.41) is 9.36. The molecule has 4 nitrogen and oxygen atoms in total. The summed E-state index contributed by atoms with van der Waals surface area (Å²) in [6, 6.07) is 14.1. The van der Waals surface area contributed by atoms with Gasteiger partial charge in [0, 0.05) is 37.4 Å². The van der Waals surface area contributed by atoms with E-state index >= 15 is 0 Å². The molecule has 0 saturated carbocycles. The number of aromatic carboxylic acids is 1. The molecule has 0 aliphatic carbocycles. The van der Waals surface area contributed by atoms with E-state index in [-0.39, 0.29) is 11.5 Å². The van der Waals surface area contributed by atoms with E-state index in [0.29, 0.717) is 5.56 Å². The second kappa shape index (κ2) is 8.16. The molecule has 0 radical (unpaired) electrons. The summed E-state index contributed by atoms with van der Waals surface area (Å²) in [7, 11) is 4.07. The maximum absolute atomic E-state index is 11.4. The van der Waals surface area contributed by atoms with Crippen molar-refractivity contribution in [1.82, 2.24) is 0 Å². The molecule has 4 heteroatoms. The highest BCUT2D eigenvalue weighted by molar-refractivity contribution is 5.89. The lowest BCUT2D eigenvalue weighted by molar-refractivity contribution is 0.0696. The van der Waals surface area contributed by atoms with Gasteiger partial charge in [0.25, 0.3) is 0 Å². The predicted molar refractivity (Wildman–Crippen MR) is 122 cm³/mol. The zero-order valence-corrected chi connectivity index (χ0v) is 17.9. The molecular weight excluding hydrogens is 360 g/mol. The second-order valence-corrected chi connectivity index (χ2v) is 8.22. The lowest BCUT2D eigenvalue weighted by atomic mass is 9.80. The minimum absolute atomic E-state index is 0.172. The first kappa shape index (κ1) is 20.7. The molecule has 1 aliphatic heterocycles. The van der Waals surface area contributed by atoms with Crippen LogP contribution in [0.1, 0.15) is 42.3 Å². The van der Waals surface area contributed by atoms with Gasteiger partial charge in [-0.25, -0.2) is 4.79 Å². The van der Waals surface area contributed by atoms with Crippen LogP contribution in [0.15, 0.2) is 60.7 Å². The summed E-state index contributed by atoms with van der Waals surface area (Å²) in [5.74, 6) is -0.881. The summed E-state index contributed by atoms with van der Waals surface area (Å²) < 4.78 is 0. The number of carbonyl (C=O) groups is 1. The molecule has 2 aromatic carbocycles. The van der Waals surface area contributed by atoms with E-state index in [1.54, 1.807) is 6.07 Å². The Balaban J connectivity index is 1.81. The van der Waals surface area contributed by atoms with E-state index in [2.05, 4.69) is 79.1 Å². The van der Waals surface area contributed by atoms with Gasteiger partial charge in [-0.2, -0.15) is 0 Å². The number of benzene rings is 2. The number of hydrogen-bond donors (Lipinski definition) is 1. The SMILES string of the molecule is CCN1c2ccc(C(=O)O)cc2C(C)(C)C1/C=C/C=C/c1ccc(N(C)C)cc1. The normalized spacial score (nSPS) is 17.8. The van der Waals surface area contributed by atoms with E-state index in [1.807, 2.05) is 26.2 Å². The van der Waals surface area contributed by atoms with E-state index in [9.17, 15) is 9.90 Å². The highest BCUT2D eigenvalue weighted by Gasteiger charge is 2.42. The van der Waals surface area contributed by atoms with Gasteiger partial charge in [-0.15, -0.1) is 0 Å². The molecule has 0 aromatic heterocycles. The first-order valence-electron chi connectivity index (χ1n) is 10.0. The van der Waals surface area contributed by atoms with Gasteiger partial charge < -0.3 is 14.9 Å². The van der Waals surface area contributed by atoms with Crippen LogP contribution in [0.5, 0.6) is 0 Å². The molecule has 1 unspecified atom stereocenters. The number of rotatable bonds is 6. The number of hydrogen-bond acceptors (Lipinski definition) is 3. The van der Waals surface area contributed by atoms with Crippen LogP contribution in [0.3, 0.4) is 0 Å². The monoisotopic (exact) mass is 390 g/mol. The quantitative estimate of drug-likeness (QED) is 0.688. The maximum atomic E-state index is 11.4. The van der Waals surface area contributed by atoms with E-state index in [0.717, 1.165) is 23.4 Å². The summed E-state index contributed by atoms with van der Waals surface area (Å²) in [5.41, 5.74) is 4.74. The number of likely N-dealkylation sites (N-methyl/N-ethyl adjacent to an activating group) is 1. The molecule has 0 bridgehead atoms. The number of fused-ring (bicyclic) bond motifs is 1. The topological polar surface area (TPSA) is 43.8 Å². The Labute approximate surface area is 173 Å². The van der Waals surface area contributed by atoms with Crippen LogP contribution in [0.25, 0.3) is 6.08 Å². The summed E-state index contributed by atoms with van der Waals surface area (Å²) in [4.78, 5) is 15.8. The fraction of sp³-hybridized carbons (Fsp3) is 0.320. The second-order valence-electron chi connectivity index (χ2n) is 8.22. The predicted octanol–water partition coefficient (Wildman–Crippen LogP) is 5.21. The first-order valence-corrected chi connectivity index (χ1v) is 10.0. The Morgan fingerprint density at radius 1 is 1.14 bits per heavy atom. The third-order valence-electron chi connectivity index (χ3n) is 5.77. The Morgan fingerprint density at radius 2 is 1.83 bits per heavy atom. The first-order chi connectivity index (χ1) is 13.8. The van der Waals surface area contributed by atoms with Crippen molar-refractivity contribution in [3.8, 4) is 0 Å². The Kier molecular flexibility index (Phi) is 5.83. The van der Waals surface area contributed by atoms with Crippen molar-refractivity contribution in [2.45, 2.75) is 32.2 Å². The zero-order chi connectivity index (χ0) is 21.2. The van der Waals surface area contributed by atoms with Crippen molar-refractivity contribution in [1.29, 1.82) is 0 Å². The van der Waals surface area contributed by atoms with Gasteiger partial charge in [-0.05, 0) is 48.4 Å². The van der Waals surface area contributed by atoms with Gasteiger partial charge in [0.1, 0.15) is 0 Å². The number of carboxylic acid groups (broad SMARTS) is 1. The molecular formula is C25H30N2O2. The molecule has 3 rings (SSSR count). The minimum atomic E-state index is -0.881. The van der Waals surface area contributed by atoms with Gasteiger partial charge in [0.05, 0.1) is 11.6 Å². The molecule has 1 aliphatic rings.